The smallest absolute Gasteiger partial charge is 0.475 e. The monoisotopic (exact) mass is 503 g/mol. The molecule has 2 aliphatic rings. The number of aromatic nitrogens is 3. The molecule has 0 radical (unpaired) electrons. The van der Waals surface area contributed by atoms with Gasteiger partial charge in [-0.15, -0.1) is 5.10 Å². The van der Waals surface area contributed by atoms with Crippen LogP contribution < -0.4 is 5.32 Å². The summed E-state index contributed by atoms with van der Waals surface area (Å²) < 4.78 is 33.8. The van der Waals surface area contributed by atoms with Gasteiger partial charge in [-0.1, -0.05) is 47.7 Å². The van der Waals surface area contributed by atoms with Crippen LogP contribution in [0.25, 0.3) is 11.0 Å². The number of hydrogen-bond donors (Lipinski definition) is 2. The molecule has 192 valence electrons. The van der Waals surface area contributed by atoms with Crippen LogP contribution in [0.5, 0.6) is 0 Å². The summed E-state index contributed by atoms with van der Waals surface area (Å²) in [5.41, 5.74) is 3.37. The third kappa shape index (κ3) is 6.39. The highest BCUT2D eigenvalue weighted by atomic mass is 19.4. The minimum atomic E-state index is -5.08. The van der Waals surface area contributed by atoms with Crippen LogP contribution in [0.2, 0.25) is 0 Å². The van der Waals surface area contributed by atoms with Crippen LogP contribution in [0, 0.1) is 5.92 Å². The number of amides is 1. The normalized spacial score (nSPS) is 20.4. The van der Waals surface area contributed by atoms with Gasteiger partial charge in [0.15, 0.2) is 0 Å². The Kier molecular flexibility index (Phi) is 7.88. The molecule has 1 aliphatic heterocycles. The van der Waals surface area contributed by atoms with Gasteiger partial charge < -0.3 is 15.3 Å². The maximum Gasteiger partial charge on any atom is 0.490 e. The number of halogens is 3. The maximum absolute atomic E-state index is 12.4. The van der Waals surface area contributed by atoms with E-state index in [1.807, 2.05) is 36.4 Å². The van der Waals surface area contributed by atoms with E-state index in [0.717, 1.165) is 56.5 Å². The summed E-state index contributed by atoms with van der Waals surface area (Å²) in [5, 5.41) is 18.9. The number of alkyl halides is 3. The van der Waals surface area contributed by atoms with Crippen molar-refractivity contribution in [1.82, 2.24) is 25.2 Å². The quantitative estimate of drug-likeness (QED) is 0.533. The number of nitrogens with one attached hydrogen (secondary N) is 1. The van der Waals surface area contributed by atoms with Crippen molar-refractivity contribution >= 4 is 22.9 Å². The van der Waals surface area contributed by atoms with Gasteiger partial charge in [0.25, 0.3) is 0 Å². The number of carbonyl (C=O) groups excluding carboxylic acids is 1. The van der Waals surface area contributed by atoms with E-state index in [4.69, 9.17) is 9.90 Å². The molecule has 3 aromatic rings. The van der Waals surface area contributed by atoms with Gasteiger partial charge in [-0.25, -0.2) is 9.48 Å². The van der Waals surface area contributed by atoms with Crippen LogP contribution in [0.4, 0.5) is 13.2 Å². The number of piperidine rings is 1. The molecule has 0 bridgehead atoms. The lowest BCUT2D eigenvalue weighted by atomic mass is 10.0. The molecule has 2 atom stereocenters. The lowest BCUT2D eigenvalue weighted by Gasteiger charge is -2.32. The highest BCUT2D eigenvalue weighted by Crippen LogP contribution is 2.47. The molecule has 1 aliphatic carbocycles. The summed E-state index contributed by atoms with van der Waals surface area (Å²) in [5.74, 6) is -1.98. The standard InChI is InChI=1S/C23H27N5O.C2HF3O2/c29-23(20-16-19(20)17-6-2-1-3-7-17)24-12-15-27-13-10-18(11-14-27)28-22-9-5-4-8-21(22)25-26-28;3-2(4,5)1(6)7/h1-9,18-20H,10-16H2,(H,24,29);(H,6,7). The van der Waals surface area contributed by atoms with Crippen molar-refractivity contribution in [3.05, 3.63) is 60.2 Å². The van der Waals surface area contributed by atoms with E-state index in [0.29, 0.717) is 12.0 Å². The number of nitrogens with zero attached hydrogens (tertiary/aromatic N) is 4. The molecule has 2 aromatic carbocycles. The van der Waals surface area contributed by atoms with Gasteiger partial charge in [-0.3, -0.25) is 4.79 Å². The Morgan fingerprint density at radius 1 is 1.03 bits per heavy atom. The highest BCUT2D eigenvalue weighted by Gasteiger charge is 2.43. The van der Waals surface area contributed by atoms with Gasteiger partial charge in [-0.2, -0.15) is 13.2 Å². The molecular weight excluding hydrogens is 475 g/mol. The number of aliphatic carboxylic acids is 1. The minimum absolute atomic E-state index is 0.156. The average Bonchev–Trinajstić information content (AvgIpc) is 3.57. The van der Waals surface area contributed by atoms with Gasteiger partial charge in [0.05, 0.1) is 11.6 Å². The second-order valence-corrected chi connectivity index (χ2v) is 9.05. The van der Waals surface area contributed by atoms with E-state index in [9.17, 15) is 18.0 Å². The summed E-state index contributed by atoms with van der Waals surface area (Å²) in [4.78, 5) is 23.8. The Morgan fingerprint density at radius 3 is 2.33 bits per heavy atom. The number of carboxylic acid groups (broad SMARTS) is 1. The number of para-hydroxylation sites is 1. The number of carboxylic acids is 1. The second kappa shape index (κ2) is 11.1. The molecule has 0 spiro atoms. The number of rotatable bonds is 6. The number of likely N-dealkylation sites (tertiary alicyclic amines) is 1. The Morgan fingerprint density at radius 2 is 1.67 bits per heavy atom. The van der Waals surface area contributed by atoms with Crippen LogP contribution in [0.15, 0.2) is 54.6 Å². The Balaban J connectivity index is 0.000000384. The topological polar surface area (TPSA) is 100 Å². The van der Waals surface area contributed by atoms with Crippen LogP contribution in [0.3, 0.4) is 0 Å². The van der Waals surface area contributed by atoms with E-state index in [1.165, 1.54) is 5.56 Å². The molecule has 2 fully saturated rings. The van der Waals surface area contributed by atoms with Crippen molar-refractivity contribution in [2.75, 3.05) is 26.2 Å². The summed E-state index contributed by atoms with van der Waals surface area (Å²) in [6.07, 6.45) is -1.97. The van der Waals surface area contributed by atoms with Gasteiger partial charge in [-0.05, 0) is 42.9 Å². The molecular formula is C25H28F3N5O3. The molecule has 1 saturated carbocycles. The van der Waals surface area contributed by atoms with Crippen molar-refractivity contribution in [3.63, 3.8) is 0 Å². The molecule has 36 heavy (non-hydrogen) atoms. The molecule has 2 N–H and O–H groups in total. The van der Waals surface area contributed by atoms with Crippen molar-refractivity contribution in [2.24, 2.45) is 5.92 Å². The van der Waals surface area contributed by atoms with Crippen molar-refractivity contribution in [3.8, 4) is 0 Å². The van der Waals surface area contributed by atoms with Crippen molar-refractivity contribution in [1.29, 1.82) is 0 Å². The Labute approximate surface area is 206 Å². The number of hydrogen-bond acceptors (Lipinski definition) is 5. The first kappa shape index (κ1) is 25.6. The molecule has 2 unspecified atom stereocenters. The molecule has 1 aromatic heterocycles. The number of fused-ring (bicyclic) bond motifs is 1. The Bertz CT molecular complexity index is 1180. The Hall–Kier alpha value is -3.47. The lowest BCUT2D eigenvalue weighted by molar-refractivity contribution is -0.192. The zero-order valence-electron chi connectivity index (χ0n) is 19.6. The third-order valence-corrected chi connectivity index (χ3v) is 6.61. The molecule has 11 heteroatoms. The van der Waals surface area contributed by atoms with E-state index >= 15 is 0 Å². The third-order valence-electron chi connectivity index (χ3n) is 6.61. The summed E-state index contributed by atoms with van der Waals surface area (Å²) >= 11 is 0. The predicted octanol–water partition coefficient (Wildman–Crippen LogP) is 3.62. The second-order valence-electron chi connectivity index (χ2n) is 9.05. The molecule has 2 heterocycles. The largest absolute Gasteiger partial charge is 0.490 e. The lowest BCUT2D eigenvalue weighted by Crippen LogP contribution is -2.40. The van der Waals surface area contributed by atoms with Gasteiger partial charge in [0.1, 0.15) is 5.52 Å². The fraction of sp³-hybridized carbons (Fsp3) is 0.440. The molecule has 1 amide bonds. The minimum Gasteiger partial charge on any atom is -0.475 e. The average molecular weight is 504 g/mol. The summed E-state index contributed by atoms with van der Waals surface area (Å²) in [6.45, 7) is 3.71. The van der Waals surface area contributed by atoms with Gasteiger partial charge in [0.2, 0.25) is 5.91 Å². The van der Waals surface area contributed by atoms with E-state index < -0.39 is 12.1 Å². The van der Waals surface area contributed by atoms with Crippen LogP contribution in [0.1, 0.15) is 36.8 Å². The maximum atomic E-state index is 12.4. The van der Waals surface area contributed by atoms with E-state index in [1.54, 1.807) is 0 Å². The molecule has 5 rings (SSSR count). The fourth-order valence-electron chi connectivity index (χ4n) is 4.57. The van der Waals surface area contributed by atoms with E-state index in [-0.39, 0.29) is 11.8 Å². The zero-order chi connectivity index (χ0) is 25.7. The molecule has 8 nitrogen and oxygen atoms in total. The van der Waals surface area contributed by atoms with Crippen molar-refractivity contribution < 1.29 is 27.9 Å². The van der Waals surface area contributed by atoms with Crippen molar-refractivity contribution in [2.45, 2.75) is 37.4 Å². The first-order chi connectivity index (χ1) is 17.2. The van der Waals surface area contributed by atoms with Gasteiger partial charge in [0, 0.05) is 32.1 Å². The zero-order valence-corrected chi connectivity index (χ0v) is 19.6. The van der Waals surface area contributed by atoms with E-state index in [2.05, 4.69) is 43.4 Å². The predicted molar refractivity (Wildman–Crippen MR) is 126 cm³/mol. The summed E-state index contributed by atoms with van der Waals surface area (Å²) in [7, 11) is 0. The van der Waals surface area contributed by atoms with Crippen LogP contribution in [-0.4, -0.2) is 69.2 Å². The number of carbonyl (C=O) groups is 2. The summed E-state index contributed by atoms with van der Waals surface area (Å²) in [6, 6.07) is 18.9. The number of benzene rings is 2. The SMILES string of the molecule is O=C(NCCN1CCC(n2nnc3ccccc32)CC1)C1CC1c1ccccc1.O=C(O)C(F)(F)F. The fourth-order valence-corrected chi connectivity index (χ4v) is 4.57. The van der Waals surface area contributed by atoms with Crippen LogP contribution in [-0.2, 0) is 9.59 Å². The van der Waals surface area contributed by atoms with Gasteiger partial charge >= 0.3 is 12.1 Å². The molecule has 1 saturated heterocycles. The van der Waals surface area contributed by atoms with Crippen LogP contribution >= 0.6 is 0 Å². The first-order valence-corrected chi connectivity index (χ1v) is 11.9. The first-order valence-electron chi connectivity index (χ1n) is 11.9. The highest BCUT2D eigenvalue weighted by molar-refractivity contribution is 5.82.